The first kappa shape index (κ1) is 12.5. The number of rotatable bonds is 3. The van der Waals surface area contributed by atoms with Crippen LogP contribution in [-0.4, -0.2) is 11.3 Å². The van der Waals surface area contributed by atoms with Gasteiger partial charge in [0.25, 0.3) is 0 Å². The highest BCUT2D eigenvalue weighted by Gasteiger charge is 1.99. The number of halogens is 1. The van der Waals surface area contributed by atoms with Gasteiger partial charge in [0.05, 0.1) is 11.9 Å². The van der Waals surface area contributed by atoms with Crippen LogP contribution in [0.1, 0.15) is 11.1 Å². The van der Waals surface area contributed by atoms with Gasteiger partial charge in [-0.25, -0.2) is 0 Å². The van der Waals surface area contributed by atoms with Crippen LogP contribution in [0, 0.1) is 6.92 Å². The van der Waals surface area contributed by atoms with Gasteiger partial charge in [0.2, 0.25) is 0 Å². The minimum atomic E-state index is 0.148. The molecule has 2 aromatic carbocycles. The Morgan fingerprint density at radius 1 is 1.22 bits per heavy atom. The zero-order valence-corrected chi connectivity index (χ0v) is 10.6. The minimum Gasteiger partial charge on any atom is -0.507 e. The molecule has 0 bridgehead atoms. The topological polar surface area (TPSA) is 44.6 Å². The molecule has 0 heterocycles. The molecule has 0 aliphatic heterocycles. The molecule has 4 heteroatoms. The first-order chi connectivity index (χ1) is 8.66. The first-order valence-corrected chi connectivity index (χ1v) is 5.88. The van der Waals surface area contributed by atoms with Gasteiger partial charge in [-0.2, -0.15) is 5.10 Å². The number of phenolic OH excluding ortho intramolecular Hbond substituents is 1. The van der Waals surface area contributed by atoms with Crippen molar-refractivity contribution in [2.24, 2.45) is 5.10 Å². The molecule has 0 unspecified atom stereocenters. The zero-order chi connectivity index (χ0) is 13.0. The number of hydrazone groups is 1. The second kappa shape index (κ2) is 5.56. The number of aromatic hydroxyl groups is 1. The van der Waals surface area contributed by atoms with Crippen molar-refractivity contribution in [2.45, 2.75) is 6.92 Å². The fourth-order valence-electron chi connectivity index (χ4n) is 1.50. The highest BCUT2D eigenvalue weighted by molar-refractivity contribution is 6.30. The van der Waals surface area contributed by atoms with Gasteiger partial charge in [0.1, 0.15) is 5.75 Å². The minimum absolute atomic E-state index is 0.148. The van der Waals surface area contributed by atoms with E-state index in [9.17, 15) is 5.11 Å². The SMILES string of the molecule is Cc1ccccc1N/N=C/c1cc(Cl)ccc1O. The van der Waals surface area contributed by atoms with Crippen LogP contribution in [0.15, 0.2) is 47.6 Å². The van der Waals surface area contributed by atoms with E-state index in [1.54, 1.807) is 12.1 Å². The van der Waals surface area contributed by atoms with Crippen LogP contribution in [0.3, 0.4) is 0 Å². The van der Waals surface area contributed by atoms with Gasteiger partial charge >= 0.3 is 0 Å². The second-order valence-corrected chi connectivity index (χ2v) is 4.32. The summed E-state index contributed by atoms with van der Waals surface area (Å²) in [6.45, 7) is 1.99. The molecule has 2 rings (SSSR count). The highest BCUT2D eigenvalue weighted by Crippen LogP contribution is 2.20. The van der Waals surface area contributed by atoms with Crippen LogP contribution in [0.4, 0.5) is 5.69 Å². The third-order valence-electron chi connectivity index (χ3n) is 2.52. The number of nitrogens with one attached hydrogen (secondary N) is 1. The number of anilines is 1. The summed E-state index contributed by atoms with van der Waals surface area (Å²) in [5, 5.41) is 14.3. The molecule has 0 atom stereocenters. The van der Waals surface area contributed by atoms with E-state index in [1.807, 2.05) is 31.2 Å². The maximum Gasteiger partial charge on any atom is 0.124 e. The van der Waals surface area contributed by atoms with Crippen LogP contribution in [0.25, 0.3) is 0 Å². The molecule has 2 aromatic rings. The summed E-state index contributed by atoms with van der Waals surface area (Å²) < 4.78 is 0. The predicted molar refractivity (Wildman–Crippen MR) is 75.5 cm³/mol. The summed E-state index contributed by atoms with van der Waals surface area (Å²) in [6.07, 6.45) is 1.54. The Balaban J connectivity index is 2.12. The Morgan fingerprint density at radius 2 is 2.00 bits per heavy atom. The second-order valence-electron chi connectivity index (χ2n) is 3.89. The van der Waals surface area contributed by atoms with Crippen molar-refractivity contribution in [1.29, 1.82) is 0 Å². The van der Waals surface area contributed by atoms with Gasteiger partial charge in [-0.15, -0.1) is 0 Å². The fraction of sp³-hybridized carbons (Fsp3) is 0.0714. The van der Waals surface area contributed by atoms with Crippen molar-refractivity contribution in [1.82, 2.24) is 0 Å². The molecule has 0 saturated carbocycles. The summed E-state index contributed by atoms with van der Waals surface area (Å²) in [4.78, 5) is 0. The van der Waals surface area contributed by atoms with Crippen LogP contribution in [0.2, 0.25) is 5.02 Å². The van der Waals surface area contributed by atoms with Gasteiger partial charge in [-0.05, 0) is 36.8 Å². The number of hydrogen-bond acceptors (Lipinski definition) is 3. The number of aryl methyl sites for hydroxylation is 1. The molecular formula is C14H13ClN2O. The molecule has 18 heavy (non-hydrogen) atoms. The van der Waals surface area contributed by atoms with Crippen molar-refractivity contribution in [3.63, 3.8) is 0 Å². The lowest BCUT2D eigenvalue weighted by atomic mass is 10.2. The lowest BCUT2D eigenvalue weighted by Crippen LogP contribution is -1.93. The fourth-order valence-corrected chi connectivity index (χ4v) is 1.68. The molecule has 2 N–H and O–H groups in total. The number of para-hydroxylation sites is 1. The van der Waals surface area contributed by atoms with Gasteiger partial charge in [0, 0.05) is 10.6 Å². The molecule has 92 valence electrons. The van der Waals surface area contributed by atoms with E-state index in [1.165, 1.54) is 12.3 Å². The normalized spacial score (nSPS) is 10.8. The van der Waals surface area contributed by atoms with Gasteiger partial charge in [-0.1, -0.05) is 29.8 Å². The van der Waals surface area contributed by atoms with E-state index in [4.69, 9.17) is 11.6 Å². The maximum absolute atomic E-state index is 9.61. The van der Waals surface area contributed by atoms with E-state index >= 15 is 0 Å². The average molecular weight is 261 g/mol. The van der Waals surface area contributed by atoms with E-state index in [2.05, 4.69) is 10.5 Å². The first-order valence-electron chi connectivity index (χ1n) is 5.50. The van der Waals surface area contributed by atoms with Crippen LogP contribution >= 0.6 is 11.6 Å². The molecular weight excluding hydrogens is 248 g/mol. The number of phenols is 1. The third kappa shape index (κ3) is 3.02. The zero-order valence-electron chi connectivity index (χ0n) is 9.89. The molecule has 0 radical (unpaired) electrons. The Morgan fingerprint density at radius 3 is 2.78 bits per heavy atom. The third-order valence-corrected chi connectivity index (χ3v) is 2.76. The molecule has 0 aliphatic carbocycles. The van der Waals surface area contributed by atoms with Gasteiger partial charge in [-0.3, -0.25) is 5.43 Å². The van der Waals surface area contributed by atoms with Crippen LogP contribution < -0.4 is 5.43 Å². The summed E-state index contributed by atoms with van der Waals surface area (Å²) in [5.41, 5.74) is 5.52. The Kier molecular flexibility index (Phi) is 3.85. The van der Waals surface area contributed by atoms with Crippen molar-refractivity contribution in [3.8, 4) is 5.75 Å². The predicted octanol–water partition coefficient (Wildman–Crippen LogP) is 3.80. The smallest absolute Gasteiger partial charge is 0.124 e. The number of hydrogen-bond donors (Lipinski definition) is 2. The number of benzene rings is 2. The van der Waals surface area contributed by atoms with Crippen molar-refractivity contribution in [3.05, 3.63) is 58.6 Å². The lowest BCUT2D eigenvalue weighted by Gasteiger charge is -2.04. The number of nitrogens with zero attached hydrogens (tertiary/aromatic N) is 1. The van der Waals surface area contributed by atoms with Crippen LogP contribution in [-0.2, 0) is 0 Å². The van der Waals surface area contributed by atoms with Gasteiger partial charge < -0.3 is 5.11 Å². The van der Waals surface area contributed by atoms with Gasteiger partial charge in [0.15, 0.2) is 0 Å². The molecule has 0 spiro atoms. The Labute approximate surface area is 111 Å². The van der Waals surface area contributed by atoms with E-state index in [0.29, 0.717) is 10.6 Å². The lowest BCUT2D eigenvalue weighted by molar-refractivity contribution is 0.474. The van der Waals surface area contributed by atoms with E-state index in [-0.39, 0.29) is 5.75 Å². The molecule has 3 nitrogen and oxygen atoms in total. The maximum atomic E-state index is 9.61. The largest absolute Gasteiger partial charge is 0.507 e. The summed E-state index contributed by atoms with van der Waals surface area (Å²) in [5.74, 6) is 0.148. The van der Waals surface area contributed by atoms with E-state index in [0.717, 1.165) is 11.3 Å². The highest BCUT2D eigenvalue weighted by atomic mass is 35.5. The van der Waals surface area contributed by atoms with Crippen molar-refractivity contribution in [2.75, 3.05) is 5.43 Å². The molecule has 0 aromatic heterocycles. The molecule has 0 fully saturated rings. The summed E-state index contributed by atoms with van der Waals surface area (Å²) in [7, 11) is 0. The monoisotopic (exact) mass is 260 g/mol. The Hall–Kier alpha value is -2.00. The van der Waals surface area contributed by atoms with Crippen molar-refractivity contribution >= 4 is 23.5 Å². The quantitative estimate of drug-likeness (QED) is 0.651. The standard InChI is InChI=1S/C14H13ClN2O/c1-10-4-2-3-5-13(10)17-16-9-11-8-12(15)6-7-14(11)18/h2-9,17-18H,1H3/b16-9+. The summed E-state index contributed by atoms with van der Waals surface area (Å²) >= 11 is 5.84. The summed E-state index contributed by atoms with van der Waals surface area (Å²) in [6, 6.07) is 12.6. The average Bonchev–Trinajstić information content (AvgIpc) is 2.36. The molecule has 0 amide bonds. The van der Waals surface area contributed by atoms with E-state index < -0.39 is 0 Å². The van der Waals surface area contributed by atoms with Crippen molar-refractivity contribution < 1.29 is 5.11 Å². The van der Waals surface area contributed by atoms with Crippen LogP contribution in [0.5, 0.6) is 5.75 Å². The Bertz CT molecular complexity index is 582. The molecule has 0 aliphatic rings. The molecule has 0 saturated heterocycles.